The molecule has 0 unspecified atom stereocenters. The second kappa shape index (κ2) is 2.32. The Labute approximate surface area is 76.0 Å². The monoisotopic (exact) mass is 172 g/mol. The van der Waals surface area contributed by atoms with E-state index in [9.17, 15) is 4.39 Å². The Hall–Kier alpha value is -1.37. The van der Waals surface area contributed by atoms with Crippen LogP contribution in [-0.4, -0.2) is 0 Å². The Morgan fingerprint density at radius 3 is 2.69 bits per heavy atom. The summed E-state index contributed by atoms with van der Waals surface area (Å²) in [7, 11) is 0. The van der Waals surface area contributed by atoms with Crippen LogP contribution in [0.2, 0.25) is 0 Å². The van der Waals surface area contributed by atoms with Crippen LogP contribution < -0.4 is 0 Å². The van der Waals surface area contributed by atoms with Crippen LogP contribution in [0.5, 0.6) is 0 Å². The molecule has 0 heterocycles. The summed E-state index contributed by atoms with van der Waals surface area (Å²) in [5.74, 6) is 0. The zero-order chi connectivity index (χ0) is 8.84. The molecular formula is C12H9F. The molecule has 1 heteroatoms. The number of benzene rings is 2. The molecule has 0 amide bonds. The SMILES string of the molecule is F[C@@H]1Cc2cccc3cccc1c23. The number of alkyl halides is 1. The summed E-state index contributed by atoms with van der Waals surface area (Å²) < 4.78 is 13.5. The molecule has 0 bridgehead atoms. The maximum atomic E-state index is 13.5. The molecule has 2 aromatic rings. The van der Waals surface area contributed by atoms with Gasteiger partial charge in [-0.05, 0) is 21.9 Å². The zero-order valence-electron chi connectivity index (χ0n) is 7.13. The van der Waals surface area contributed by atoms with Crippen molar-refractivity contribution in [2.24, 2.45) is 0 Å². The maximum absolute atomic E-state index is 13.5. The first-order chi connectivity index (χ1) is 6.36. The van der Waals surface area contributed by atoms with Crippen molar-refractivity contribution in [3.05, 3.63) is 47.5 Å². The third kappa shape index (κ3) is 0.844. The fourth-order valence-corrected chi connectivity index (χ4v) is 2.18. The lowest BCUT2D eigenvalue weighted by Crippen LogP contribution is -1.84. The molecule has 0 nitrogen and oxygen atoms in total. The van der Waals surface area contributed by atoms with E-state index in [0.29, 0.717) is 6.42 Å². The van der Waals surface area contributed by atoms with Crippen LogP contribution in [0.4, 0.5) is 4.39 Å². The first kappa shape index (κ1) is 7.07. The average molecular weight is 172 g/mol. The van der Waals surface area contributed by atoms with Crippen molar-refractivity contribution in [1.29, 1.82) is 0 Å². The molecule has 0 spiro atoms. The van der Waals surface area contributed by atoms with Gasteiger partial charge in [0, 0.05) is 6.42 Å². The van der Waals surface area contributed by atoms with Gasteiger partial charge >= 0.3 is 0 Å². The number of rotatable bonds is 0. The summed E-state index contributed by atoms with van der Waals surface area (Å²) in [6.45, 7) is 0. The molecule has 1 aliphatic carbocycles. The summed E-state index contributed by atoms with van der Waals surface area (Å²) in [5, 5.41) is 2.30. The predicted molar refractivity (Wildman–Crippen MR) is 51.5 cm³/mol. The summed E-state index contributed by atoms with van der Waals surface area (Å²) >= 11 is 0. The number of halogens is 1. The van der Waals surface area contributed by atoms with Crippen molar-refractivity contribution >= 4 is 10.8 Å². The van der Waals surface area contributed by atoms with Gasteiger partial charge in [0.15, 0.2) is 0 Å². The Morgan fingerprint density at radius 2 is 1.85 bits per heavy atom. The van der Waals surface area contributed by atoms with Crippen LogP contribution in [0.25, 0.3) is 10.8 Å². The van der Waals surface area contributed by atoms with Crippen LogP contribution in [0.15, 0.2) is 36.4 Å². The van der Waals surface area contributed by atoms with Crippen molar-refractivity contribution < 1.29 is 4.39 Å². The minimum absolute atomic E-state index is 0.552. The molecule has 1 atom stereocenters. The normalized spacial score (nSPS) is 19.6. The van der Waals surface area contributed by atoms with Gasteiger partial charge in [-0.2, -0.15) is 0 Å². The quantitative estimate of drug-likeness (QED) is 0.571. The van der Waals surface area contributed by atoms with E-state index in [1.165, 1.54) is 0 Å². The third-order valence-corrected chi connectivity index (χ3v) is 2.76. The highest BCUT2D eigenvalue weighted by Gasteiger charge is 2.22. The molecule has 0 fully saturated rings. The first-order valence-corrected chi connectivity index (χ1v) is 4.51. The number of hydrogen-bond donors (Lipinski definition) is 0. The Kier molecular flexibility index (Phi) is 1.26. The topological polar surface area (TPSA) is 0 Å². The first-order valence-electron chi connectivity index (χ1n) is 4.51. The van der Waals surface area contributed by atoms with Gasteiger partial charge in [0.2, 0.25) is 0 Å². The minimum Gasteiger partial charge on any atom is -0.242 e. The van der Waals surface area contributed by atoms with Crippen LogP contribution in [-0.2, 0) is 6.42 Å². The number of hydrogen-bond acceptors (Lipinski definition) is 0. The van der Waals surface area contributed by atoms with Gasteiger partial charge < -0.3 is 0 Å². The molecule has 0 aromatic heterocycles. The largest absolute Gasteiger partial charge is 0.242 e. The van der Waals surface area contributed by atoms with Gasteiger partial charge in [-0.3, -0.25) is 0 Å². The van der Waals surface area contributed by atoms with E-state index in [1.54, 1.807) is 0 Å². The average Bonchev–Trinajstić information content (AvgIpc) is 2.47. The van der Waals surface area contributed by atoms with Crippen molar-refractivity contribution in [2.45, 2.75) is 12.6 Å². The fraction of sp³-hybridized carbons (Fsp3) is 0.167. The van der Waals surface area contributed by atoms with E-state index in [0.717, 1.165) is 21.9 Å². The van der Waals surface area contributed by atoms with Crippen molar-refractivity contribution in [1.82, 2.24) is 0 Å². The lowest BCUT2D eigenvalue weighted by atomic mass is 10.1. The molecule has 0 saturated carbocycles. The van der Waals surface area contributed by atoms with Crippen LogP contribution in [0.1, 0.15) is 17.3 Å². The molecule has 3 rings (SSSR count). The second-order valence-electron chi connectivity index (χ2n) is 3.53. The smallest absolute Gasteiger partial charge is 0.130 e. The highest BCUT2D eigenvalue weighted by Crippen LogP contribution is 2.38. The van der Waals surface area contributed by atoms with Crippen molar-refractivity contribution in [3.63, 3.8) is 0 Å². The van der Waals surface area contributed by atoms with Crippen LogP contribution in [0, 0.1) is 0 Å². The van der Waals surface area contributed by atoms with Crippen molar-refractivity contribution in [3.8, 4) is 0 Å². The van der Waals surface area contributed by atoms with Gasteiger partial charge in [-0.15, -0.1) is 0 Å². The molecule has 0 radical (unpaired) electrons. The maximum Gasteiger partial charge on any atom is 0.130 e. The lowest BCUT2D eigenvalue weighted by molar-refractivity contribution is 0.353. The molecule has 0 saturated heterocycles. The van der Waals surface area contributed by atoms with E-state index in [4.69, 9.17) is 0 Å². The molecule has 13 heavy (non-hydrogen) atoms. The molecular weight excluding hydrogens is 163 g/mol. The van der Waals surface area contributed by atoms with Crippen molar-refractivity contribution in [2.75, 3.05) is 0 Å². The standard InChI is InChI=1S/C12H9F/c13-11-7-9-5-1-3-8-4-2-6-10(11)12(8)9/h1-6,11H,7H2/t11-/m1/s1. The van der Waals surface area contributed by atoms with Gasteiger partial charge in [0.05, 0.1) is 0 Å². The minimum atomic E-state index is -0.791. The second-order valence-corrected chi connectivity index (χ2v) is 3.53. The Bertz CT molecular complexity index is 468. The highest BCUT2D eigenvalue weighted by molar-refractivity contribution is 5.91. The summed E-state index contributed by atoms with van der Waals surface area (Å²) in [5.41, 5.74) is 2.02. The Morgan fingerprint density at radius 1 is 1.08 bits per heavy atom. The molecule has 1 aliphatic rings. The fourth-order valence-electron chi connectivity index (χ4n) is 2.18. The van der Waals surface area contributed by atoms with Gasteiger partial charge in [-0.1, -0.05) is 36.4 Å². The highest BCUT2D eigenvalue weighted by atomic mass is 19.1. The molecule has 0 N–H and O–H groups in total. The lowest BCUT2D eigenvalue weighted by Gasteiger charge is -2.00. The van der Waals surface area contributed by atoms with Gasteiger partial charge in [-0.25, -0.2) is 4.39 Å². The molecule has 64 valence electrons. The zero-order valence-corrected chi connectivity index (χ0v) is 7.13. The summed E-state index contributed by atoms with van der Waals surface area (Å²) in [6, 6.07) is 11.9. The molecule has 0 aliphatic heterocycles. The summed E-state index contributed by atoms with van der Waals surface area (Å²) in [6.07, 6.45) is -0.238. The van der Waals surface area contributed by atoms with Crippen LogP contribution in [0.3, 0.4) is 0 Å². The van der Waals surface area contributed by atoms with Gasteiger partial charge in [0.25, 0.3) is 0 Å². The van der Waals surface area contributed by atoms with Crippen LogP contribution >= 0.6 is 0 Å². The van der Waals surface area contributed by atoms with E-state index in [-0.39, 0.29) is 0 Å². The summed E-state index contributed by atoms with van der Waals surface area (Å²) in [4.78, 5) is 0. The Balaban J connectivity index is 2.51. The molecule has 2 aromatic carbocycles. The van der Waals surface area contributed by atoms with E-state index in [2.05, 4.69) is 0 Å². The third-order valence-electron chi connectivity index (χ3n) is 2.76. The predicted octanol–water partition coefficient (Wildman–Crippen LogP) is 3.41. The van der Waals surface area contributed by atoms with E-state index >= 15 is 0 Å². The van der Waals surface area contributed by atoms with E-state index in [1.807, 2.05) is 36.4 Å². The van der Waals surface area contributed by atoms with E-state index < -0.39 is 6.17 Å². The van der Waals surface area contributed by atoms with Gasteiger partial charge in [0.1, 0.15) is 6.17 Å².